The van der Waals surface area contributed by atoms with Crippen molar-refractivity contribution < 1.29 is 13.2 Å². The van der Waals surface area contributed by atoms with Crippen LogP contribution in [-0.2, 0) is 6.54 Å². The summed E-state index contributed by atoms with van der Waals surface area (Å²) in [5, 5.41) is 0. The van der Waals surface area contributed by atoms with Crippen molar-refractivity contribution in [3.05, 3.63) is 35.4 Å². The minimum atomic E-state index is -4.16. The van der Waals surface area contributed by atoms with Gasteiger partial charge in [-0.05, 0) is 11.1 Å². The molecule has 2 rings (SSSR count). The summed E-state index contributed by atoms with van der Waals surface area (Å²) in [4.78, 5) is 1.34. The molecule has 1 aliphatic heterocycles. The molecule has 88 valence electrons. The zero-order valence-electron chi connectivity index (χ0n) is 8.67. The molecule has 1 heterocycles. The predicted molar refractivity (Wildman–Crippen MR) is 54.7 cm³/mol. The lowest BCUT2D eigenvalue weighted by atomic mass is 9.96. The van der Waals surface area contributed by atoms with Crippen molar-refractivity contribution in [2.45, 2.75) is 18.8 Å². The van der Waals surface area contributed by atoms with E-state index < -0.39 is 12.7 Å². The minimum absolute atomic E-state index is 0.260. The molecule has 0 aromatic heterocycles. The molecular weight excluding hydrogens is 217 g/mol. The molecule has 1 aliphatic rings. The van der Waals surface area contributed by atoms with Crippen LogP contribution in [0, 0.1) is 0 Å². The number of alkyl halides is 3. The monoisotopic (exact) mass is 230 g/mol. The SMILES string of the molecule is NC1CN(CC(F)(F)F)Cc2ccccc21. The van der Waals surface area contributed by atoms with Crippen LogP contribution in [0.3, 0.4) is 0 Å². The van der Waals surface area contributed by atoms with Crippen LogP contribution in [0.5, 0.6) is 0 Å². The minimum Gasteiger partial charge on any atom is -0.323 e. The van der Waals surface area contributed by atoms with Gasteiger partial charge in [0.25, 0.3) is 0 Å². The summed E-state index contributed by atoms with van der Waals surface area (Å²) >= 11 is 0. The van der Waals surface area contributed by atoms with Crippen LogP contribution in [0.4, 0.5) is 13.2 Å². The van der Waals surface area contributed by atoms with Crippen molar-refractivity contribution in [2.75, 3.05) is 13.1 Å². The number of benzene rings is 1. The van der Waals surface area contributed by atoms with E-state index in [9.17, 15) is 13.2 Å². The Hall–Kier alpha value is -1.07. The highest BCUT2D eigenvalue weighted by Gasteiger charge is 2.33. The zero-order valence-corrected chi connectivity index (χ0v) is 8.67. The van der Waals surface area contributed by atoms with E-state index >= 15 is 0 Å². The number of hydrogen-bond acceptors (Lipinski definition) is 2. The van der Waals surface area contributed by atoms with Gasteiger partial charge in [0, 0.05) is 19.1 Å². The first-order chi connectivity index (χ1) is 7.46. The smallest absolute Gasteiger partial charge is 0.323 e. The first-order valence-corrected chi connectivity index (χ1v) is 5.08. The van der Waals surface area contributed by atoms with E-state index in [2.05, 4.69) is 0 Å². The number of rotatable bonds is 1. The summed E-state index contributed by atoms with van der Waals surface area (Å²) in [7, 11) is 0. The van der Waals surface area contributed by atoms with Gasteiger partial charge in [0.15, 0.2) is 0 Å². The number of nitrogens with two attached hydrogens (primary N) is 1. The van der Waals surface area contributed by atoms with Gasteiger partial charge in [-0.1, -0.05) is 24.3 Å². The quantitative estimate of drug-likeness (QED) is 0.800. The van der Waals surface area contributed by atoms with Crippen LogP contribution in [0.2, 0.25) is 0 Å². The average molecular weight is 230 g/mol. The highest BCUT2D eigenvalue weighted by Crippen LogP contribution is 2.27. The molecule has 0 bridgehead atoms. The molecule has 5 heteroatoms. The Balaban J connectivity index is 2.15. The molecule has 0 saturated heterocycles. The first kappa shape index (κ1) is 11.4. The molecule has 1 aromatic carbocycles. The van der Waals surface area contributed by atoms with Gasteiger partial charge in [0.05, 0.1) is 6.54 Å². The molecule has 1 atom stereocenters. The Kier molecular flexibility index (Phi) is 2.90. The van der Waals surface area contributed by atoms with Gasteiger partial charge in [-0.2, -0.15) is 13.2 Å². The Morgan fingerprint density at radius 3 is 2.69 bits per heavy atom. The second kappa shape index (κ2) is 4.07. The largest absolute Gasteiger partial charge is 0.401 e. The summed E-state index contributed by atoms with van der Waals surface area (Å²) in [6.07, 6.45) is -4.16. The maximum atomic E-state index is 12.3. The van der Waals surface area contributed by atoms with Crippen LogP contribution in [0.25, 0.3) is 0 Å². The first-order valence-electron chi connectivity index (χ1n) is 5.08. The van der Waals surface area contributed by atoms with Crippen molar-refractivity contribution in [3.8, 4) is 0 Å². The number of hydrogen-bond donors (Lipinski definition) is 1. The number of halogens is 3. The van der Waals surface area contributed by atoms with E-state index in [4.69, 9.17) is 5.73 Å². The van der Waals surface area contributed by atoms with Crippen molar-refractivity contribution in [1.29, 1.82) is 0 Å². The van der Waals surface area contributed by atoms with Crippen LogP contribution in [-0.4, -0.2) is 24.2 Å². The molecule has 0 amide bonds. The van der Waals surface area contributed by atoms with Gasteiger partial charge >= 0.3 is 6.18 Å². The van der Waals surface area contributed by atoms with Crippen LogP contribution < -0.4 is 5.73 Å². The third-order valence-electron chi connectivity index (χ3n) is 2.71. The van der Waals surface area contributed by atoms with Gasteiger partial charge in [0.1, 0.15) is 0 Å². The fraction of sp³-hybridized carbons (Fsp3) is 0.455. The average Bonchev–Trinajstić information content (AvgIpc) is 2.15. The fourth-order valence-electron chi connectivity index (χ4n) is 2.10. The molecular formula is C11H13F3N2. The van der Waals surface area contributed by atoms with E-state index in [1.165, 1.54) is 4.90 Å². The van der Waals surface area contributed by atoms with Gasteiger partial charge in [-0.25, -0.2) is 0 Å². The maximum absolute atomic E-state index is 12.3. The molecule has 1 unspecified atom stereocenters. The molecule has 1 aromatic rings. The number of nitrogens with zero attached hydrogens (tertiary/aromatic N) is 1. The molecule has 2 nitrogen and oxygen atoms in total. The zero-order chi connectivity index (χ0) is 11.8. The summed E-state index contributed by atoms with van der Waals surface area (Å²) in [6, 6.07) is 7.07. The lowest BCUT2D eigenvalue weighted by Crippen LogP contribution is -2.42. The van der Waals surface area contributed by atoms with Crippen molar-refractivity contribution in [3.63, 3.8) is 0 Å². The van der Waals surface area contributed by atoms with Gasteiger partial charge < -0.3 is 5.73 Å². The van der Waals surface area contributed by atoms with E-state index in [1.54, 1.807) is 0 Å². The van der Waals surface area contributed by atoms with Gasteiger partial charge in [0.2, 0.25) is 0 Å². The Morgan fingerprint density at radius 2 is 2.00 bits per heavy atom. The second-order valence-corrected chi connectivity index (χ2v) is 4.09. The molecule has 16 heavy (non-hydrogen) atoms. The van der Waals surface area contributed by atoms with Crippen LogP contribution >= 0.6 is 0 Å². The van der Waals surface area contributed by atoms with Gasteiger partial charge in [-0.15, -0.1) is 0 Å². The van der Waals surface area contributed by atoms with E-state index in [0.717, 1.165) is 11.1 Å². The Bertz CT molecular complexity index is 376. The molecule has 0 fully saturated rings. The van der Waals surface area contributed by atoms with Crippen molar-refractivity contribution >= 4 is 0 Å². The number of fused-ring (bicyclic) bond motifs is 1. The van der Waals surface area contributed by atoms with Crippen LogP contribution in [0.15, 0.2) is 24.3 Å². The summed E-state index contributed by atoms with van der Waals surface area (Å²) in [5.41, 5.74) is 7.70. The lowest BCUT2D eigenvalue weighted by Gasteiger charge is -2.33. The van der Waals surface area contributed by atoms with E-state index in [1.807, 2.05) is 24.3 Å². The molecule has 0 aliphatic carbocycles. The highest BCUT2D eigenvalue weighted by atomic mass is 19.4. The maximum Gasteiger partial charge on any atom is 0.401 e. The fourth-order valence-corrected chi connectivity index (χ4v) is 2.10. The van der Waals surface area contributed by atoms with E-state index in [0.29, 0.717) is 6.54 Å². The van der Waals surface area contributed by atoms with Crippen molar-refractivity contribution in [1.82, 2.24) is 4.90 Å². The van der Waals surface area contributed by atoms with Crippen molar-refractivity contribution in [2.24, 2.45) is 5.73 Å². The Morgan fingerprint density at radius 1 is 1.31 bits per heavy atom. The van der Waals surface area contributed by atoms with Gasteiger partial charge in [-0.3, -0.25) is 4.90 Å². The predicted octanol–water partition coefficient (Wildman–Crippen LogP) is 2.06. The normalized spacial score (nSPS) is 21.9. The molecule has 2 N–H and O–H groups in total. The summed E-state index contributed by atoms with van der Waals surface area (Å²) in [6.45, 7) is -0.311. The molecule has 0 spiro atoms. The highest BCUT2D eigenvalue weighted by molar-refractivity contribution is 5.31. The molecule has 0 radical (unpaired) electrons. The lowest BCUT2D eigenvalue weighted by molar-refractivity contribution is -0.148. The van der Waals surface area contributed by atoms with Crippen LogP contribution in [0.1, 0.15) is 17.2 Å². The summed E-state index contributed by atoms with van der Waals surface area (Å²) in [5.74, 6) is 0. The topological polar surface area (TPSA) is 29.3 Å². The second-order valence-electron chi connectivity index (χ2n) is 4.09. The molecule has 0 saturated carbocycles. The summed E-state index contributed by atoms with van der Waals surface area (Å²) < 4.78 is 36.8. The van der Waals surface area contributed by atoms with E-state index in [-0.39, 0.29) is 12.6 Å². The Labute approximate surface area is 91.8 Å². The standard InChI is InChI=1S/C11H13F3N2/c12-11(13,14)7-16-5-8-3-1-2-4-9(8)10(15)6-16/h1-4,10H,5-7,15H2. The third kappa shape index (κ3) is 2.54. The third-order valence-corrected chi connectivity index (χ3v) is 2.71.